The molecule has 0 aromatic heterocycles. The van der Waals surface area contributed by atoms with Crippen molar-refractivity contribution < 1.29 is 9.59 Å². The van der Waals surface area contributed by atoms with Crippen molar-refractivity contribution >= 4 is 11.7 Å². The molecule has 2 unspecified atom stereocenters. The van der Waals surface area contributed by atoms with Gasteiger partial charge in [-0.05, 0) is 12.8 Å². The van der Waals surface area contributed by atoms with E-state index in [9.17, 15) is 9.59 Å². The monoisotopic (exact) mass is 210 g/mol. The lowest BCUT2D eigenvalue weighted by Crippen LogP contribution is -2.52. The molecule has 0 radical (unpaired) electrons. The molecule has 2 N–H and O–H groups in total. The van der Waals surface area contributed by atoms with E-state index in [1.807, 2.05) is 0 Å². The Balaban J connectivity index is 1.97. The number of hydrogen-bond acceptors (Lipinski definition) is 3. The van der Waals surface area contributed by atoms with Crippen LogP contribution in [-0.4, -0.2) is 35.2 Å². The number of carbonyl (C=O) groups excluding carboxylic acids is 2. The van der Waals surface area contributed by atoms with Gasteiger partial charge in [0.2, 0.25) is 5.91 Å². The van der Waals surface area contributed by atoms with Gasteiger partial charge in [-0.1, -0.05) is 6.42 Å². The van der Waals surface area contributed by atoms with Gasteiger partial charge < -0.3 is 5.73 Å². The minimum Gasteiger partial charge on any atom is -0.370 e. The summed E-state index contributed by atoms with van der Waals surface area (Å²) in [6.07, 6.45) is 5.18. The highest BCUT2D eigenvalue weighted by molar-refractivity contribution is 5.80. The molecule has 2 aliphatic heterocycles. The summed E-state index contributed by atoms with van der Waals surface area (Å²) >= 11 is 0. The third-order valence-electron chi connectivity index (χ3n) is 3.56. The van der Waals surface area contributed by atoms with Crippen LogP contribution in [0.25, 0.3) is 0 Å². The van der Waals surface area contributed by atoms with Crippen LogP contribution in [0.15, 0.2) is 0 Å². The van der Waals surface area contributed by atoms with Crippen molar-refractivity contribution in [1.29, 1.82) is 0 Å². The third-order valence-corrected chi connectivity index (χ3v) is 3.56. The van der Waals surface area contributed by atoms with Crippen molar-refractivity contribution in [2.75, 3.05) is 6.54 Å². The standard InChI is InChI=1S/C11H18N2O2/c12-11(15)4-5-13-8-2-1-3-9(13)7-10(14)6-8/h8-9H,1-7H2,(H2,12,15). The van der Waals surface area contributed by atoms with Crippen LogP contribution in [0, 0.1) is 0 Å². The lowest BCUT2D eigenvalue weighted by atomic mass is 9.83. The molecule has 4 heteroatoms. The van der Waals surface area contributed by atoms with Crippen LogP contribution < -0.4 is 5.73 Å². The first-order valence-corrected chi connectivity index (χ1v) is 5.72. The van der Waals surface area contributed by atoms with Crippen LogP contribution in [0.5, 0.6) is 0 Å². The van der Waals surface area contributed by atoms with Gasteiger partial charge in [0, 0.05) is 37.9 Å². The van der Waals surface area contributed by atoms with Crippen LogP contribution in [0.1, 0.15) is 38.5 Å². The first kappa shape index (κ1) is 10.6. The topological polar surface area (TPSA) is 63.4 Å². The molecule has 0 aliphatic carbocycles. The molecule has 0 spiro atoms. The molecule has 2 rings (SSSR count). The number of amides is 1. The number of fused-ring (bicyclic) bond motifs is 2. The Morgan fingerprint density at radius 3 is 2.47 bits per heavy atom. The highest BCUT2D eigenvalue weighted by atomic mass is 16.1. The highest BCUT2D eigenvalue weighted by Crippen LogP contribution is 2.32. The van der Waals surface area contributed by atoms with Crippen molar-refractivity contribution in [3.05, 3.63) is 0 Å². The van der Waals surface area contributed by atoms with Crippen LogP contribution in [0.2, 0.25) is 0 Å². The number of piperidine rings is 2. The average molecular weight is 210 g/mol. The molecule has 84 valence electrons. The maximum atomic E-state index is 11.4. The van der Waals surface area contributed by atoms with Gasteiger partial charge in [0.05, 0.1) is 0 Å². The second-order valence-electron chi connectivity index (χ2n) is 4.64. The van der Waals surface area contributed by atoms with E-state index in [-0.39, 0.29) is 5.91 Å². The minimum absolute atomic E-state index is 0.245. The number of primary amides is 1. The molecule has 2 saturated heterocycles. The zero-order chi connectivity index (χ0) is 10.8. The van der Waals surface area contributed by atoms with Gasteiger partial charge in [0.15, 0.2) is 0 Å². The Labute approximate surface area is 89.8 Å². The molecule has 1 amide bonds. The highest BCUT2D eigenvalue weighted by Gasteiger charge is 2.36. The summed E-state index contributed by atoms with van der Waals surface area (Å²) < 4.78 is 0. The SMILES string of the molecule is NC(=O)CCN1C2CCCC1CC(=O)C2. The van der Waals surface area contributed by atoms with E-state index in [4.69, 9.17) is 5.73 Å². The Hall–Kier alpha value is -0.900. The fourth-order valence-electron chi connectivity index (χ4n) is 2.87. The van der Waals surface area contributed by atoms with Crippen molar-refractivity contribution in [3.8, 4) is 0 Å². The molecule has 0 aromatic rings. The van der Waals surface area contributed by atoms with E-state index >= 15 is 0 Å². The quantitative estimate of drug-likeness (QED) is 0.735. The van der Waals surface area contributed by atoms with E-state index in [2.05, 4.69) is 4.90 Å². The zero-order valence-corrected chi connectivity index (χ0v) is 8.95. The number of rotatable bonds is 3. The van der Waals surface area contributed by atoms with Gasteiger partial charge >= 0.3 is 0 Å². The maximum absolute atomic E-state index is 11.4. The van der Waals surface area contributed by atoms with Gasteiger partial charge in [-0.15, -0.1) is 0 Å². The predicted molar refractivity (Wildman–Crippen MR) is 56.2 cm³/mol. The first-order chi connectivity index (χ1) is 7.16. The number of ketones is 1. The fourth-order valence-corrected chi connectivity index (χ4v) is 2.87. The lowest BCUT2D eigenvalue weighted by molar-refractivity contribution is -0.127. The lowest BCUT2D eigenvalue weighted by Gasteiger charge is -2.45. The minimum atomic E-state index is -0.245. The first-order valence-electron chi connectivity index (χ1n) is 5.72. The van der Waals surface area contributed by atoms with Gasteiger partial charge in [0.1, 0.15) is 5.78 Å². The second kappa shape index (κ2) is 4.31. The van der Waals surface area contributed by atoms with E-state index in [0.717, 1.165) is 19.4 Å². The predicted octanol–water partition coefficient (Wildman–Crippen LogP) is 0.448. The van der Waals surface area contributed by atoms with Crippen molar-refractivity contribution in [3.63, 3.8) is 0 Å². The molecule has 2 aliphatic rings. The van der Waals surface area contributed by atoms with Crippen molar-refractivity contribution in [2.24, 2.45) is 5.73 Å². The maximum Gasteiger partial charge on any atom is 0.218 e. The van der Waals surface area contributed by atoms with E-state index in [1.165, 1.54) is 6.42 Å². The molecule has 0 saturated carbocycles. The van der Waals surface area contributed by atoms with Crippen molar-refractivity contribution in [2.45, 2.75) is 50.6 Å². The summed E-state index contributed by atoms with van der Waals surface area (Å²) in [5.41, 5.74) is 5.15. The second-order valence-corrected chi connectivity index (χ2v) is 4.64. The molecule has 4 nitrogen and oxygen atoms in total. The molecule has 0 aromatic carbocycles. The molecule has 2 bridgehead atoms. The molecule has 2 fully saturated rings. The smallest absolute Gasteiger partial charge is 0.218 e. The van der Waals surface area contributed by atoms with Crippen LogP contribution in [0.4, 0.5) is 0 Å². The van der Waals surface area contributed by atoms with Gasteiger partial charge in [-0.25, -0.2) is 0 Å². The Morgan fingerprint density at radius 2 is 1.93 bits per heavy atom. The summed E-state index contributed by atoms with van der Waals surface area (Å²) in [5.74, 6) is 0.144. The summed E-state index contributed by atoms with van der Waals surface area (Å²) in [6.45, 7) is 0.734. The largest absolute Gasteiger partial charge is 0.370 e. The fraction of sp³-hybridized carbons (Fsp3) is 0.818. The zero-order valence-electron chi connectivity index (χ0n) is 8.95. The van der Waals surface area contributed by atoms with E-state index in [1.54, 1.807) is 0 Å². The Kier molecular flexibility index (Phi) is 3.05. The van der Waals surface area contributed by atoms with E-state index < -0.39 is 0 Å². The number of nitrogens with zero attached hydrogens (tertiary/aromatic N) is 1. The summed E-state index contributed by atoms with van der Waals surface area (Å²) in [4.78, 5) is 24.5. The van der Waals surface area contributed by atoms with Gasteiger partial charge in [-0.3, -0.25) is 14.5 Å². The van der Waals surface area contributed by atoms with E-state index in [0.29, 0.717) is 37.1 Å². The molecule has 2 heterocycles. The normalized spacial score (nSPS) is 31.6. The van der Waals surface area contributed by atoms with Crippen molar-refractivity contribution in [1.82, 2.24) is 4.90 Å². The van der Waals surface area contributed by atoms with Crippen LogP contribution >= 0.6 is 0 Å². The third kappa shape index (κ3) is 2.37. The number of carbonyl (C=O) groups is 2. The molecule has 15 heavy (non-hydrogen) atoms. The van der Waals surface area contributed by atoms with Crippen LogP contribution in [0.3, 0.4) is 0 Å². The Morgan fingerprint density at radius 1 is 1.33 bits per heavy atom. The summed E-state index contributed by atoms with van der Waals surface area (Å²) in [7, 11) is 0. The number of Topliss-reactive ketones (excluding diaryl/α,β-unsaturated/α-hetero) is 1. The van der Waals surface area contributed by atoms with Crippen LogP contribution in [-0.2, 0) is 9.59 Å². The Bertz CT molecular complexity index is 262. The molecular weight excluding hydrogens is 192 g/mol. The van der Waals surface area contributed by atoms with Gasteiger partial charge in [-0.2, -0.15) is 0 Å². The summed E-state index contributed by atoms with van der Waals surface area (Å²) in [5, 5.41) is 0. The number of hydrogen-bond donors (Lipinski definition) is 1. The number of nitrogens with two attached hydrogens (primary N) is 1. The summed E-state index contributed by atoms with van der Waals surface area (Å²) in [6, 6.07) is 0.758. The van der Waals surface area contributed by atoms with Gasteiger partial charge in [0.25, 0.3) is 0 Å². The molecule has 2 atom stereocenters. The molecular formula is C11H18N2O2. The average Bonchev–Trinajstić information content (AvgIpc) is 2.14.